The first kappa shape index (κ1) is 18.9. The third kappa shape index (κ3) is 4.55. The number of rotatable bonds is 7. The van der Waals surface area contributed by atoms with Crippen molar-refractivity contribution in [3.8, 4) is 0 Å². The van der Waals surface area contributed by atoms with E-state index >= 15 is 0 Å². The van der Waals surface area contributed by atoms with E-state index < -0.39 is 0 Å². The molecule has 4 rings (SSSR count). The van der Waals surface area contributed by atoms with Crippen LogP contribution in [0.2, 0.25) is 0 Å². The minimum Gasteiger partial charge on any atom is -0.340 e. The molecule has 0 radical (unpaired) electrons. The second kappa shape index (κ2) is 8.74. The van der Waals surface area contributed by atoms with Gasteiger partial charge < -0.3 is 14.8 Å². The van der Waals surface area contributed by atoms with Gasteiger partial charge in [-0.05, 0) is 36.1 Å². The summed E-state index contributed by atoms with van der Waals surface area (Å²) in [5.74, 6) is 1.57. The lowest BCUT2D eigenvalue weighted by molar-refractivity contribution is 0.794. The zero-order valence-corrected chi connectivity index (χ0v) is 17.0. The molecule has 0 fully saturated rings. The van der Waals surface area contributed by atoms with E-state index in [-0.39, 0.29) is 0 Å². The van der Waals surface area contributed by atoms with Gasteiger partial charge in [0.2, 0.25) is 0 Å². The standard InChI is InChI=1S/C21H21N7S/c1-27(18-5-3-4-6-19(18)29-2)21-11-20(22-13-23-21)26-17-9-7-16(8-10-17)12-28-14-24-25-15-28/h3-11,13-15H,12H2,1-2H3,(H,22,23,26). The molecule has 2 aromatic heterocycles. The van der Waals surface area contributed by atoms with E-state index in [9.17, 15) is 0 Å². The lowest BCUT2D eigenvalue weighted by Gasteiger charge is -2.21. The second-order valence-corrected chi connectivity index (χ2v) is 7.30. The van der Waals surface area contributed by atoms with Crippen molar-refractivity contribution >= 4 is 34.8 Å². The molecular formula is C21H21N7S. The molecule has 146 valence electrons. The highest BCUT2D eigenvalue weighted by Crippen LogP contribution is 2.32. The molecule has 1 N–H and O–H groups in total. The summed E-state index contributed by atoms with van der Waals surface area (Å²) in [5.41, 5.74) is 3.25. The van der Waals surface area contributed by atoms with Gasteiger partial charge in [0.25, 0.3) is 0 Å². The van der Waals surface area contributed by atoms with Crippen LogP contribution in [0.25, 0.3) is 0 Å². The summed E-state index contributed by atoms with van der Waals surface area (Å²) in [6, 6.07) is 18.4. The number of nitrogens with zero attached hydrogens (tertiary/aromatic N) is 6. The highest BCUT2D eigenvalue weighted by molar-refractivity contribution is 7.98. The van der Waals surface area contributed by atoms with Crippen LogP contribution >= 0.6 is 11.8 Å². The van der Waals surface area contributed by atoms with Crippen molar-refractivity contribution in [2.45, 2.75) is 11.4 Å². The summed E-state index contributed by atoms with van der Waals surface area (Å²) in [6.07, 6.45) is 7.07. The largest absolute Gasteiger partial charge is 0.340 e. The quantitative estimate of drug-likeness (QED) is 0.460. The van der Waals surface area contributed by atoms with Gasteiger partial charge in [0.1, 0.15) is 30.6 Å². The number of nitrogens with one attached hydrogen (secondary N) is 1. The van der Waals surface area contributed by atoms with E-state index in [4.69, 9.17) is 0 Å². The maximum atomic E-state index is 4.44. The van der Waals surface area contributed by atoms with E-state index in [0.717, 1.165) is 29.6 Å². The first-order chi connectivity index (χ1) is 14.2. The second-order valence-electron chi connectivity index (χ2n) is 6.45. The Morgan fingerprint density at radius 3 is 2.52 bits per heavy atom. The summed E-state index contributed by atoms with van der Waals surface area (Å²) in [5, 5.41) is 11.0. The minimum absolute atomic E-state index is 0.741. The summed E-state index contributed by atoms with van der Waals surface area (Å²) in [4.78, 5) is 12.1. The molecule has 2 heterocycles. The van der Waals surface area contributed by atoms with Gasteiger partial charge in [-0.3, -0.25) is 0 Å². The van der Waals surface area contributed by atoms with Crippen LogP contribution in [-0.4, -0.2) is 38.0 Å². The molecule has 0 aliphatic carbocycles. The highest BCUT2D eigenvalue weighted by atomic mass is 32.2. The van der Waals surface area contributed by atoms with Crippen molar-refractivity contribution < 1.29 is 0 Å². The number of hydrogen-bond donors (Lipinski definition) is 1. The SMILES string of the molecule is CSc1ccccc1N(C)c1cc(Nc2ccc(Cn3cnnc3)cc2)ncn1. The molecule has 0 amide bonds. The molecule has 0 aliphatic rings. The predicted molar refractivity (Wildman–Crippen MR) is 117 cm³/mol. The minimum atomic E-state index is 0.741. The molecular weight excluding hydrogens is 382 g/mol. The van der Waals surface area contributed by atoms with Gasteiger partial charge in [-0.25, -0.2) is 9.97 Å². The van der Waals surface area contributed by atoms with Crippen LogP contribution in [0.3, 0.4) is 0 Å². The smallest absolute Gasteiger partial charge is 0.138 e. The molecule has 8 heteroatoms. The fourth-order valence-electron chi connectivity index (χ4n) is 2.99. The highest BCUT2D eigenvalue weighted by Gasteiger charge is 2.10. The molecule has 4 aromatic rings. The van der Waals surface area contributed by atoms with Crippen LogP contribution in [0.4, 0.5) is 23.0 Å². The number of para-hydroxylation sites is 1. The molecule has 0 saturated carbocycles. The van der Waals surface area contributed by atoms with E-state index in [1.807, 2.05) is 41.9 Å². The zero-order chi connectivity index (χ0) is 20.1. The van der Waals surface area contributed by atoms with Gasteiger partial charge in [-0.2, -0.15) is 0 Å². The van der Waals surface area contributed by atoms with Gasteiger partial charge in [0, 0.05) is 30.2 Å². The molecule has 0 atom stereocenters. The zero-order valence-electron chi connectivity index (χ0n) is 16.2. The Morgan fingerprint density at radius 1 is 1.00 bits per heavy atom. The Balaban J connectivity index is 1.49. The lowest BCUT2D eigenvalue weighted by atomic mass is 10.2. The van der Waals surface area contributed by atoms with Gasteiger partial charge in [0.15, 0.2) is 0 Å². The fraction of sp³-hybridized carbons (Fsp3) is 0.143. The van der Waals surface area contributed by atoms with E-state index in [2.05, 4.69) is 60.9 Å². The average molecular weight is 404 g/mol. The Bertz CT molecular complexity index is 1060. The molecule has 0 spiro atoms. The van der Waals surface area contributed by atoms with E-state index in [1.54, 1.807) is 30.7 Å². The van der Waals surface area contributed by atoms with Gasteiger partial charge >= 0.3 is 0 Å². The maximum absolute atomic E-state index is 4.44. The van der Waals surface area contributed by atoms with Crippen LogP contribution in [0.15, 0.2) is 78.5 Å². The van der Waals surface area contributed by atoms with Crippen molar-refractivity contribution in [2.24, 2.45) is 0 Å². The van der Waals surface area contributed by atoms with Crippen molar-refractivity contribution in [2.75, 3.05) is 23.5 Å². The first-order valence-corrected chi connectivity index (χ1v) is 10.3. The van der Waals surface area contributed by atoms with Crippen molar-refractivity contribution in [3.05, 3.63) is 79.1 Å². The lowest BCUT2D eigenvalue weighted by Crippen LogP contribution is -2.12. The molecule has 0 aliphatic heterocycles. The van der Waals surface area contributed by atoms with E-state index in [0.29, 0.717) is 0 Å². The van der Waals surface area contributed by atoms with Crippen LogP contribution in [0.5, 0.6) is 0 Å². The van der Waals surface area contributed by atoms with Crippen LogP contribution in [-0.2, 0) is 6.54 Å². The Kier molecular flexibility index (Phi) is 5.71. The Labute approximate surface area is 173 Å². The van der Waals surface area contributed by atoms with Crippen LogP contribution in [0.1, 0.15) is 5.56 Å². The molecule has 29 heavy (non-hydrogen) atoms. The fourth-order valence-corrected chi connectivity index (χ4v) is 3.61. The topological polar surface area (TPSA) is 71.8 Å². The molecule has 7 nitrogen and oxygen atoms in total. The van der Waals surface area contributed by atoms with Gasteiger partial charge in [-0.1, -0.05) is 24.3 Å². The normalized spacial score (nSPS) is 10.7. The van der Waals surface area contributed by atoms with Crippen molar-refractivity contribution in [3.63, 3.8) is 0 Å². The number of aromatic nitrogens is 5. The third-order valence-corrected chi connectivity index (χ3v) is 5.29. The summed E-state index contributed by atoms with van der Waals surface area (Å²) in [6.45, 7) is 0.741. The third-order valence-electron chi connectivity index (χ3n) is 4.50. The number of benzene rings is 2. The molecule has 0 unspecified atom stereocenters. The average Bonchev–Trinajstić information content (AvgIpc) is 3.28. The van der Waals surface area contributed by atoms with E-state index in [1.165, 1.54) is 10.5 Å². The van der Waals surface area contributed by atoms with Crippen molar-refractivity contribution in [1.29, 1.82) is 0 Å². The number of thioether (sulfide) groups is 1. The maximum Gasteiger partial charge on any atom is 0.138 e. The number of anilines is 4. The van der Waals surface area contributed by atoms with Crippen molar-refractivity contribution in [1.82, 2.24) is 24.7 Å². The molecule has 0 bridgehead atoms. The Morgan fingerprint density at radius 2 is 1.76 bits per heavy atom. The van der Waals surface area contributed by atoms with Gasteiger partial charge in [0.05, 0.1) is 5.69 Å². The predicted octanol–water partition coefficient (Wildman–Crippen LogP) is 4.35. The van der Waals surface area contributed by atoms with Crippen LogP contribution < -0.4 is 10.2 Å². The number of hydrogen-bond acceptors (Lipinski definition) is 7. The van der Waals surface area contributed by atoms with Gasteiger partial charge in [-0.15, -0.1) is 22.0 Å². The summed E-state index contributed by atoms with van der Waals surface area (Å²) in [7, 11) is 2.01. The molecule has 0 saturated heterocycles. The summed E-state index contributed by atoms with van der Waals surface area (Å²) < 4.78 is 1.93. The summed E-state index contributed by atoms with van der Waals surface area (Å²) >= 11 is 1.72. The van der Waals surface area contributed by atoms with Crippen LogP contribution in [0, 0.1) is 0 Å². The first-order valence-electron chi connectivity index (χ1n) is 9.10. The monoisotopic (exact) mass is 403 g/mol. The molecule has 2 aromatic carbocycles. The Hall–Kier alpha value is -3.39.